The highest BCUT2D eigenvalue weighted by Gasteiger charge is 2.08. The smallest absolute Gasteiger partial charge is 0.226 e. The molecule has 0 bridgehead atoms. The van der Waals surface area contributed by atoms with Gasteiger partial charge in [0.15, 0.2) is 5.13 Å². The van der Waals surface area contributed by atoms with Crippen molar-refractivity contribution in [3.63, 3.8) is 0 Å². The first-order valence-electron chi connectivity index (χ1n) is 6.76. The molecule has 0 aliphatic rings. The lowest BCUT2D eigenvalue weighted by atomic mass is 10.1. The summed E-state index contributed by atoms with van der Waals surface area (Å²) in [6.07, 6.45) is 0.952. The second-order valence-electron chi connectivity index (χ2n) is 4.73. The molecule has 0 spiro atoms. The second-order valence-corrected chi connectivity index (χ2v) is 6.02. The maximum absolute atomic E-state index is 11.8. The van der Waals surface area contributed by atoms with Gasteiger partial charge in [0.05, 0.1) is 12.1 Å². The van der Waals surface area contributed by atoms with E-state index in [1.165, 1.54) is 18.3 Å². The van der Waals surface area contributed by atoms with Gasteiger partial charge in [0, 0.05) is 23.9 Å². The zero-order valence-electron chi connectivity index (χ0n) is 12.1. The van der Waals surface area contributed by atoms with E-state index in [9.17, 15) is 9.59 Å². The van der Waals surface area contributed by atoms with Gasteiger partial charge in [0.1, 0.15) is 0 Å². The van der Waals surface area contributed by atoms with Gasteiger partial charge in [-0.1, -0.05) is 23.7 Å². The second kappa shape index (κ2) is 7.91. The minimum absolute atomic E-state index is 0.0892. The predicted molar refractivity (Wildman–Crippen MR) is 88.3 cm³/mol. The minimum Gasteiger partial charge on any atom is -0.355 e. The molecule has 7 heteroatoms. The highest BCUT2D eigenvalue weighted by molar-refractivity contribution is 7.13. The maximum atomic E-state index is 11.8. The van der Waals surface area contributed by atoms with Crippen LogP contribution in [0.15, 0.2) is 29.6 Å². The Labute approximate surface area is 137 Å². The molecular weight excluding hydrogens is 322 g/mol. The van der Waals surface area contributed by atoms with Gasteiger partial charge >= 0.3 is 0 Å². The first kappa shape index (κ1) is 16.5. The Morgan fingerprint density at radius 3 is 2.68 bits per heavy atom. The third-order valence-corrected chi connectivity index (χ3v) is 3.88. The number of amides is 2. The standard InChI is InChI=1S/C15H16ClN3O2S/c1-10(20)18-15-19-13(9-22-15)8-14(21)17-7-6-11-2-4-12(16)5-3-11/h2-5,9H,6-8H2,1H3,(H,17,21)(H,18,19,20). The van der Waals surface area contributed by atoms with Crippen molar-refractivity contribution in [1.82, 2.24) is 10.3 Å². The molecule has 1 aromatic carbocycles. The van der Waals surface area contributed by atoms with Crippen LogP contribution in [0, 0.1) is 0 Å². The Morgan fingerprint density at radius 1 is 1.27 bits per heavy atom. The minimum atomic E-state index is -0.173. The van der Waals surface area contributed by atoms with Crippen LogP contribution in [-0.2, 0) is 22.4 Å². The third-order valence-electron chi connectivity index (χ3n) is 2.83. The van der Waals surface area contributed by atoms with Crippen molar-refractivity contribution in [3.8, 4) is 0 Å². The van der Waals surface area contributed by atoms with Gasteiger partial charge in [-0.15, -0.1) is 11.3 Å². The van der Waals surface area contributed by atoms with Gasteiger partial charge in [0.2, 0.25) is 11.8 Å². The summed E-state index contributed by atoms with van der Waals surface area (Å²) in [5.74, 6) is -0.262. The third kappa shape index (κ3) is 5.46. The lowest BCUT2D eigenvalue weighted by molar-refractivity contribution is -0.120. The molecule has 1 aromatic heterocycles. The number of carbonyl (C=O) groups is 2. The summed E-state index contributed by atoms with van der Waals surface area (Å²) >= 11 is 7.12. The Morgan fingerprint density at radius 2 is 2.00 bits per heavy atom. The normalized spacial score (nSPS) is 10.3. The van der Waals surface area contributed by atoms with Crippen molar-refractivity contribution in [2.75, 3.05) is 11.9 Å². The zero-order valence-corrected chi connectivity index (χ0v) is 13.6. The molecule has 0 atom stereocenters. The number of thiazole rings is 1. The zero-order chi connectivity index (χ0) is 15.9. The molecule has 2 aromatic rings. The van der Waals surface area contributed by atoms with Crippen LogP contribution >= 0.6 is 22.9 Å². The number of halogens is 1. The summed E-state index contributed by atoms with van der Waals surface area (Å²) in [5.41, 5.74) is 1.77. The van der Waals surface area contributed by atoms with Crippen molar-refractivity contribution in [2.24, 2.45) is 0 Å². The van der Waals surface area contributed by atoms with Gasteiger partial charge in [-0.25, -0.2) is 4.98 Å². The molecule has 2 amide bonds. The Bertz CT molecular complexity index is 655. The number of hydrogen-bond donors (Lipinski definition) is 2. The number of rotatable bonds is 6. The molecule has 1 heterocycles. The number of aromatic nitrogens is 1. The molecule has 0 aliphatic heterocycles. The average molecular weight is 338 g/mol. The average Bonchev–Trinajstić information content (AvgIpc) is 2.87. The molecule has 116 valence electrons. The lowest BCUT2D eigenvalue weighted by Gasteiger charge is -2.04. The maximum Gasteiger partial charge on any atom is 0.226 e. The highest BCUT2D eigenvalue weighted by Crippen LogP contribution is 2.15. The van der Waals surface area contributed by atoms with Crippen LogP contribution in [0.5, 0.6) is 0 Å². The predicted octanol–water partition coefficient (Wildman–Crippen LogP) is 2.66. The van der Waals surface area contributed by atoms with Crippen LogP contribution in [-0.4, -0.2) is 23.3 Å². The molecule has 22 heavy (non-hydrogen) atoms. The van der Waals surface area contributed by atoms with E-state index >= 15 is 0 Å². The van der Waals surface area contributed by atoms with Crippen LogP contribution in [0.3, 0.4) is 0 Å². The Hall–Kier alpha value is -1.92. The first-order chi connectivity index (χ1) is 10.5. The van der Waals surface area contributed by atoms with E-state index in [1.807, 2.05) is 24.3 Å². The summed E-state index contributed by atoms with van der Waals surface area (Å²) in [6.45, 7) is 1.98. The summed E-state index contributed by atoms with van der Waals surface area (Å²) in [7, 11) is 0. The van der Waals surface area contributed by atoms with Gasteiger partial charge in [0.25, 0.3) is 0 Å². The molecule has 0 aliphatic carbocycles. The van der Waals surface area contributed by atoms with Gasteiger partial charge < -0.3 is 10.6 Å². The number of carbonyl (C=O) groups excluding carboxylic acids is 2. The Kier molecular flexibility index (Phi) is 5.91. The summed E-state index contributed by atoms with van der Waals surface area (Å²) in [6, 6.07) is 7.54. The van der Waals surface area contributed by atoms with Crippen molar-refractivity contribution < 1.29 is 9.59 Å². The highest BCUT2D eigenvalue weighted by atomic mass is 35.5. The van der Waals surface area contributed by atoms with Crippen molar-refractivity contribution in [2.45, 2.75) is 19.8 Å². The largest absolute Gasteiger partial charge is 0.355 e. The number of benzene rings is 1. The van der Waals surface area contributed by atoms with Gasteiger partial charge in [-0.3, -0.25) is 9.59 Å². The van der Waals surface area contributed by atoms with Crippen LogP contribution in [0.2, 0.25) is 5.02 Å². The lowest BCUT2D eigenvalue weighted by Crippen LogP contribution is -2.27. The van der Waals surface area contributed by atoms with E-state index in [0.717, 1.165) is 12.0 Å². The van der Waals surface area contributed by atoms with Crippen molar-refractivity contribution in [3.05, 3.63) is 45.9 Å². The van der Waals surface area contributed by atoms with E-state index in [1.54, 1.807) is 5.38 Å². The molecule has 0 saturated heterocycles. The van der Waals surface area contributed by atoms with E-state index in [0.29, 0.717) is 22.4 Å². The molecule has 0 saturated carbocycles. The fourth-order valence-electron chi connectivity index (χ4n) is 1.82. The summed E-state index contributed by atoms with van der Waals surface area (Å²) in [4.78, 5) is 26.9. The molecular formula is C15H16ClN3O2S. The monoisotopic (exact) mass is 337 g/mol. The van der Waals surface area contributed by atoms with Gasteiger partial charge in [-0.2, -0.15) is 0 Å². The van der Waals surface area contributed by atoms with E-state index in [-0.39, 0.29) is 18.2 Å². The number of nitrogens with one attached hydrogen (secondary N) is 2. The number of hydrogen-bond acceptors (Lipinski definition) is 4. The van der Waals surface area contributed by atoms with Crippen LogP contribution < -0.4 is 10.6 Å². The van der Waals surface area contributed by atoms with E-state index in [4.69, 9.17) is 11.6 Å². The van der Waals surface area contributed by atoms with Crippen LogP contribution in [0.25, 0.3) is 0 Å². The van der Waals surface area contributed by atoms with Crippen LogP contribution in [0.4, 0.5) is 5.13 Å². The molecule has 0 fully saturated rings. The van der Waals surface area contributed by atoms with Crippen molar-refractivity contribution in [1.29, 1.82) is 0 Å². The summed E-state index contributed by atoms with van der Waals surface area (Å²) in [5, 5.41) is 8.42. The fraction of sp³-hybridized carbons (Fsp3) is 0.267. The molecule has 0 radical (unpaired) electrons. The number of nitrogens with zero attached hydrogens (tertiary/aromatic N) is 1. The Balaban J connectivity index is 1.74. The first-order valence-corrected chi connectivity index (χ1v) is 8.02. The topological polar surface area (TPSA) is 71.1 Å². The quantitative estimate of drug-likeness (QED) is 0.851. The molecule has 5 nitrogen and oxygen atoms in total. The van der Waals surface area contributed by atoms with Crippen molar-refractivity contribution >= 4 is 39.9 Å². The molecule has 2 N–H and O–H groups in total. The number of anilines is 1. The summed E-state index contributed by atoms with van der Waals surface area (Å²) < 4.78 is 0. The van der Waals surface area contributed by atoms with Gasteiger partial charge in [-0.05, 0) is 24.1 Å². The fourth-order valence-corrected chi connectivity index (χ4v) is 2.70. The molecule has 2 rings (SSSR count). The SMILES string of the molecule is CC(=O)Nc1nc(CC(=O)NCCc2ccc(Cl)cc2)cs1. The van der Waals surface area contributed by atoms with Crippen LogP contribution in [0.1, 0.15) is 18.2 Å². The molecule has 0 unspecified atom stereocenters. The van der Waals surface area contributed by atoms with E-state index < -0.39 is 0 Å². The van der Waals surface area contributed by atoms with E-state index in [2.05, 4.69) is 15.6 Å².